The molecule has 110 valence electrons. The van der Waals surface area contributed by atoms with Crippen molar-refractivity contribution >= 4 is 21.4 Å². The van der Waals surface area contributed by atoms with Gasteiger partial charge in [-0.05, 0) is 27.0 Å². The fourth-order valence-electron chi connectivity index (χ4n) is 1.80. The van der Waals surface area contributed by atoms with E-state index in [4.69, 9.17) is 4.52 Å². The van der Waals surface area contributed by atoms with Gasteiger partial charge < -0.3 is 9.84 Å². The lowest BCUT2D eigenvalue weighted by molar-refractivity contribution is 0.377. The number of sulfonamides is 1. The van der Waals surface area contributed by atoms with Gasteiger partial charge >= 0.3 is 0 Å². The first-order chi connectivity index (χ1) is 9.42. The van der Waals surface area contributed by atoms with Crippen LogP contribution in [0, 0.1) is 13.8 Å². The lowest BCUT2D eigenvalue weighted by atomic mass is 10.4. The third-order valence-electron chi connectivity index (χ3n) is 2.68. The summed E-state index contributed by atoms with van der Waals surface area (Å²) in [5.41, 5.74) is 0.724. The van der Waals surface area contributed by atoms with Gasteiger partial charge in [-0.3, -0.25) is 0 Å². The Balaban J connectivity index is 2.13. The smallest absolute Gasteiger partial charge is 0.242 e. The van der Waals surface area contributed by atoms with Gasteiger partial charge in [0.05, 0.1) is 17.1 Å². The number of nitrogens with zero attached hydrogens (tertiary/aromatic N) is 1. The zero-order valence-electron chi connectivity index (χ0n) is 11.6. The van der Waals surface area contributed by atoms with Crippen LogP contribution in [0.2, 0.25) is 0 Å². The molecule has 8 heteroatoms. The standard InChI is InChI=1S/C12H17N3O3S2/c1-8-4-10(18-15-8)6-14-20(16,17)12-5-11(7-13-3)19-9(12)2/h4-5,13-14H,6-7H2,1-3H3. The minimum Gasteiger partial charge on any atom is -0.360 e. The average Bonchev–Trinajstić information content (AvgIpc) is 2.94. The molecule has 0 amide bonds. The topological polar surface area (TPSA) is 84.2 Å². The summed E-state index contributed by atoms with van der Waals surface area (Å²) < 4.78 is 32.0. The van der Waals surface area contributed by atoms with Crippen LogP contribution in [0.4, 0.5) is 0 Å². The number of hydrogen-bond acceptors (Lipinski definition) is 6. The molecule has 0 unspecified atom stereocenters. The van der Waals surface area contributed by atoms with Crippen molar-refractivity contribution in [1.82, 2.24) is 15.2 Å². The van der Waals surface area contributed by atoms with Crippen LogP contribution in [0.15, 0.2) is 21.6 Å². The largest absolute Gasteiger partial charge is 0.360 e. The van der Waals surface area contributed by atoms with Gasteiger partial charge in [0.2, 0.25) is 10.0 Å². The maximum absolute atomic E-state index is 12.3. The zero-order valence-corrected chi connectivity index (χ0v) is 13.2. The van der Waals surface area contributed by atoms with Gasteiger partial charge in [0.1, 0.15) is 0 Å². The highest BCUT2D eigenvalue weighted by molar-refractivity contribution is 7.89. The van der Waals surface area contributed by atoms with E-state index >= 15 is 0 Å². The molecular weight excluding hydrogens is 298 g/mol. The first-order valence-electron chi connectivity index (χ1n) is 6.08. The molecule has 0 bridgehead atoms. The Morgan fingerprint density at radius 3 is 2.65 bits per heavy atom. The van der Waals surface area contributed by atoms with Gasteiger partial charge in [0.15, 0.2) is 5.76 Å². The van der Waals surface area contributed by atoms with E-state index in [1.54, 1.807) is 26.0 Å². The van der Waals surface area contributed by atoms with E-state index < -0.39 is 10.0 Å². The second kappa shape index (κ2) is 6.04. The Labute approximate surface area is 122 Å². The first kappa shape index (κ1) is 15.2. The Kier molecular flexibility index (Phi) is 4.59. The minimum atomic E-state index is -3.53. The quantitative estimate of drug-likeness (QED) is 0.845. The average molecular weight is 315 g/mol. The number of hydrogen-bond donors (Lipinski definition) is 2. The highest BCUT2D eigenvalue weighted by Gasteiger charge is 2.20. The SMILES string of the molecule is CNCc1cc(S(=O)(=O)NCc2cc(C)no2)c(C)s1. The summed E-state index contributed by atoms with van der Waals surface area (Å²) in [6, 6.07) is 3.40. The van der Waals surface area contributed by atoms with Crippen molar-refractivity contribution in [3.8, 4) is 0 Å². The molecule has 0 aliphatic rings. The molecule has 2 aromatic rings. The van der Waals surface area contributed by atoms with E-state index in [9.17, 15) is 8.42 Å². The van der Waals surface area contributed by atoms with E-state index in [2.05, 4.69) is 15.2 Å². The second-order valence-corrected chi connectivity index (χ2v) is 7.50. The van der Waals surface area contributed by atoms with Gasteiger partial charge in [-0.2, -0.15) is 0 Å². The molecular formula is C12H17N3O3S2. The molecule has 2 aromatic heterocycles. The molecule has 2 heterocycles. The number of aryl methyl sites for hydroxylation is 2. The van der Waals surface area contributed by atoms with Crippen LogP contribution in [0.3, 0.4) is 0 Å². The van der Waals surface area contributed by atoms with Crippen LogP contribution < -0.4 is 10.0 Å². The van der Waals surface area contributed by atoms with Crippen LogP contribution in [0.25, 0.3) is 0 Å². The fourth-order valence-corrected chi connectivity index (χ4v) is 4.43. The number of thiophene rings is 1. The highest BCUT2D eigenvalue weighted by Crippen LogP contribution is 2.25. The molecule has 0 aliphatic heterocycles. The molecule has 20 heavy (non-hydrogen) atoms. The third kappa shape index (κ3) is 3.45. The van der Waals surface area contributed by atoms with E-state index in [0.29, 0.717) is 17.2 Å². The van der Waals surface area contributed by atoms with Crippen molar-refractivity contribution in [2.45, 2.75) is 31.8 Å². The normalized spacial score (nSPS) is 11.9. The van der Waals surface area contributed by atoms with Gasteiger partial charge in [-0.25, -0.2) is 13.1 Å². The van der Waals surface area contributed by atoms with E-state index in [1.807, 2.05) is 7.05 Å². The first-order valence-corrected chi connectivity index (χ1v) is 8.38. The Bertz CT molecular complexity index is 689. The minimum absolute atomic E-state index is 0.0970. The van der Waals surface area contributed by atoms with Crippen LogP contribution in [0.1, 0.15) is 21.2 Å². The van der Waals surface area contributed by atoms with Crippen molar-refractivity contribution in [3.05, 3.63) is 33.3 Å². The van der Waals surface area contributed by atoms with Gasteiger partial charge in [0.25, 0.3) is 0 Å². The summed E-state index contributed by atoms with van der Waals surface area (Å²) in [5.74, 6) is 0.495. The van der Waals surface area contributed by atoms with Crippen LogP contribution in [0.5, 0.6) is 0 Å². The number of nitrogens with one attached hydrogen (secondary N) is 2. The van der Waals surface area contributed by atoms with Crippen LogP contribution >= 0.6 is 11.3 Å². The van der Waals surface area contributed by atoms with E-state index in [0.717, 1.165) is 15.4 Å². The van der Waals surface area contributed by atoms with Crippen molar-refractivity contribution in [3.63, 3.8) is 0 Å². The summed E-state index contributed by atoms with van der Waals surface area (Å²) in [4.78, 5) is 2.08. The molecule has 6 nitrogen and oxygen atoms in total. The van der Waals surface area contributed by atoms with E-state index in [1.165, 1.54) is 11.3 Å². The van der Waals surface area contributed by atoms with Crippen LogP contribution in [-0.2, 0) is 23.1 Å². The summed E-state index contributed by atoms with van der Waals surface area (Å²) in [6.45, 7) is 4.34. The molecule has 0 radical (unpaired) electrons. The maximum Gasteiger partial charge on any atom is 0.242 e. The summed E-state index contributed by atoms with van der Waals surface area (Å²) in [5, 5.41) is 6.73. The molecule has 2 rings (SSSR count). The van der Waals surface area contributed by atoms with Crippen molar-refractivity contribution in [1.29, 1.82) is 0 Å². The maximum atomic E-state index is 12.3. The molecule has 0 saturated heterocycles. The molecule has 0 spiro atoms. The monoisotopic (exact) mass is 315 g/mol. The highest BCUT2D eigenvalue weighted by atomic mass is 32.2. The third-order valence-corrected chi connectivity index (χ3v) is 5.38. The summed E-state index contributed by atoms with van der Waals surface area (Å²) in [7, 11) is -1.71. The number of aromatic nitrogens is 1. The molecule has 0 fully saturated rings. The molecule has 2 N–H and O–H groups in total. The number of rotatable bonds is 6. The van der Waals surface area contributed by atoms with E-state index in [-0.39, 0.29) is 6.54 Å². The second-order valence-electron chi connectivity index (χ2n) is 4.42. The lowest BCUT2D eigenvalue weighted by Gasteiger charge is -2.03. The molecule has 0 atom stereocenters. The van der Waals surface area contributed by atoms with Crippen LogP contribution in [-0.4, -0.2) is 20.6 Å². The fraction of sp³-hybridized carbons (Fsp3) is 0.417. The Hall–Kier alpha value is -1.22. The molecule has 0 aromatic carbocycles. The van der Waals surface area contributed by atoms with Crippen molar-refractivity contribution < 1.29 is 12.9 Å². The Morgan fingerprint density at radius 1 is 1.30 bits per heavy atom. The lowest BCUT2D eigenvalue weighted by Crippen LogP contribution is -2.23. The molecule has 0 aliphatic carbocycles. The summed E-state index contributed by atoms with van der Waals surface area (Å²) in [6.07, 6.45) is 0. The zero-order chi connectivity index (χ0) is 14.8. The van der Waals surface area contributed by atoms with Crippen molar-refractivity contribution in [2.24, 2.45) is 0 Å². The molecule has 0 saturated carbocycles. The predicted octanol–water partition coefficient (Wildman–Crippen LogP) is 1.55. The van der Waals surface area contributed by atoms with Gasteiger partial charge in [0, 0.05) is 22.4 Å². The van der Waals surface area contributed by atoms with Gasteiger partial charge in [-0.1, -0.05) is 5.16 Å². The Morgan fingerprint density at radius 2 is 2.05 bits per heavy atom. The summed E-state index contributed by atoms with van der Waals surface area (Å²) >= 11 is 1.47. The van der Waals surface area contributed by atoms with Gasteiger partial charge in [-0.15, -0.1) is 11.3 Å². The van der Waals surface area contributed by atoms with Crippen molar-refractivity contribution in [2.75, 3.05) is 7.05 Å². The predicted molar refractivity (Wildman–Crippen MR) is 77.1 cm³/mol.